The van der Waals surface area contributed by atoms with E-state index in [-0.39, 0.29) is 11.4 Å². The van der Waals surface area contributed by atoms with Crippen molar-refractivity contribution in [3.63, 3.8) is 0 Å². The third-order valence-corrected chi connectivity index (χ3v) is 5.84. The van der Waals surface area contributed by atoms with Gasteiger partial charge in [0, 0.05) is 30.7 Å². The number of amides is 1. The molecule has 0 bridgehead atoms. The second-order valence-corrected chi connectivity index (χ2v) is 7.50. The molecule has 1 aromatic carbocycles. The zero-order chi connectivity index (χ0) is 18.8. The fourth-order valence-electron chi connectivity index (χ4n) is 3.80. The van der Waals surface area contributed by atoms with Gasteiger partial charge in [-0.1, -0.05) is 19.1 Å². The molecule has 1 atom stereocenters. The molecule has 1 aliphatic heterocycles. The van der Waals surface area contributed by atoms with Gasteiger partial charge < -0.3 is 24.8 Å². The van der Waals surface area contributed by atoms with E-state index < -0.39 is 5.60 Å². The van der Waals surface area contributed by atoms with Gasteiger partial charge in [0.1, 0.15) is 0 Å². The van der Waals surface area contributed by atoms with Crippen LogP contribution in [-0.4, -0.2) is 54.4 Å². The Morgan fingerprint density at radius 1 is 1.23 bits per heavy atom. The van der Waals surface area contributed by atoms with Crippen molar-refractivity contribution in [1.29, 1.82) is 0 Å². The maximum Gasteiger partial charge on any atom is 0.256 e. The van der Waals surface area contributed by atoms with E-state index in [0.717, 1.165) is 31.2 Å². The second-order valence-electron chi connectivity index (χ2n) is 7.50. The predicted octanol–water partition coefficient (Wildman–Crippen LogP) is 2.09. The second kappa shape index (κ2) is 7.45. The van der Waals surface area contributed by atoms with E-state index >= 15 is 0 Å². The molecule has 1 heterocycles. The number of benzene rings is 1. The van der Waals surface area contributed by atoms with Crippen molar-refractivity contribution in [3.8, 4) is 11.5 Å². The molecule has 1 unspecified atom stereocenters. The molecular formula is C20H30N2O4. The van der Waals surface area contributed by atoms with Crippen LogP contribution in [0.4, 0.5) is 0 Å². The predicted molar refractivity (Wildman–Crippen MR) is 99.4 cm³/mol. The molecule has 1 saturated carbocycles. The van der Waals surface area contributed by atoms with Crippen molar-refractivity contribution in [1.82, 2.24) is 10.2 Å². The van der Waals surface area contributed by atoms with E-state index in [1.807, 2.05) is 18.2 Å². The van der Waals surface area contributed by atoms with Crippen LogP contribution >= 0.6 is 0 Å². The van der Waals surface area contributed by atoms with Crippen LogP contribution in [0.25, 0.3) is 0 Å². The summed E-state index contributed by atoms with van der Waals surface area (Å²) in [4.78, 5) is 14.7. The van der Waals surface area contributed by atoms with E-state index in [1.165, 1.54) is 0 Å². The highest BCUT2D eigenvalue weighted by atomic mass is 16.5. The number of nitrogens with zero attached hydrogens (tertiary/aromatic N) is 1. The largest absolute Gasteiger partial charge is 0.493 e. The molecular weight excluding hydrogens is 332 g/mol. The molecule has 0 spiro atoms. The van der Waals surface area contributed by atoms with Gasteiger partial charge in [0.05, 0.1) is 14.2 Å². The highest BCUT2D eigenvalue weighted by Crippen LogP contribution is 2.39. The monoisotopic (exact) mass is 362 g/mol. The molecule has 1 amide bonds. The fourth-order valence-corrected chi connectivity index (χ4v) is 3.80. The molecule has 1 aromatic rings. The summed E-state index contributed by atoms with van der Waals surface area (Å²) in [5, 5.41) is 14.4. The molecule has 0 aromatic heterocycles. The first-order valence-electron chi connectivity index (χ1n) is 9.43. The number of likely N-dealkylation sites (tertiary alicyclic amines) is 1. The first kappa shape index (κ1) is 19.0. The molecule has 2 fully saturated rings. The van der Waals surface area contributed by atoms with Gasteiger partial charge in [-0.15, -0.1) is 0 Å². The summed E-state index contributed by atoms with van der Waals surface area (Å²) in [5.74, 6) is 1.08. The summed E-state index contributed by atoms with van der Waals surface area (Å²) < 4.78 is 10.8. The van der Waals surface area contributed by atoms with Gasteiger partial charge >= 0.3 is 0 Å². The van der Waals surface area contributed by atoms with E-state index in [2.05, 4.69) is 12.2 Å². The maximum absolute atomic E-state index is 13.0. The number of aliphatic hydroxyl groups is 1. The standard InChI is InChI=1S/C20H30N2O4/c1-4-19(10-11-19)21-14-20(24)9-6-12-22(18(20)23)13-15-7-5-8-16(25-2)17(15)26-3/h5,7-8,21,24H,4,6,9-14H2,1-3H3. The van der Waals surface area contributed by atoms with E-state index in [0.29, 0.717) is 37.6 Å². The smallest absolute Gasteiger partial charge is 0.256 e. The number of hydrogen-bond acceptors (Lipinski definition) is 5. The minimum atomic E-state index is -1.32. The number of hydrogen-bond donors (Lipinski definition) is 2. The Kier molecular flexibility index (Phi) is 5.44. The molecule has 26 heavy (non-hydrogen) atoms. The van der Waals surface area contributed by atoms with Crippen molar-refractivity contribution in [3.05, 3.63) is 23.8 Å². The van der Waals surface area contributed by atoms with Gasteiger partial charge in [0.2, 0.25) is 0 Å². The van der Waals surface area contributed by atoms with Crippen molar-refractivity contribution in [2.24, 2.45) is 0 Å². The summed E-state index contributed by atoms with van der Waals surface area (Å²) in [6.07, 6.45) is 4.57. The molecule has 6 nitrogen and oxygen atoms in total. The van der Waals surface area contributed by atoms with E-state index in [1.54, 1.807) is 19.1 Å². The number of para-hydroxylation sites is 1. The molecule has 1 saturated heterocycles. The van der Waals surface area contributed by atoms with E-state index in [4.69, 9.17) is 9.47 Å². The molecule has 6 heteroatoms. The highest BCUT2D eigenvalue weighted by molar-refractivity contribution is 5.86. The Bertz CT molecular complexity index is 659. The Balaban J connectivity index is 1.72. The Labute approximate surface area is 155 Å². The molecule has 0 radical (unpaired) electrons. The lowest BCUT2D eigenvalue weighted by molar-refractivity contribution is -0.157. The van der Waals surface area contributed by atoms with Gasteiger partial charge in [-0.3, -0.25) is 4.79 Å². The van der Waals surface area contributed by atoms with Crippen LogP contribution in [0.5, 0.6) is 11.5 Å². The number of methoxy groups -OCH3 is 2. The zero-order valence-corrected chi connectivity index (χ0v) is 16.0. The van der Waals surface area contributed by atoms with Gasteiger partial charge in [0.25, 0.3) is 5.91 Å². The molecule has 2 aliphatic rings. The fraction of sp³-hybridized carbons (Fsp3) is 0.650. The Morgan fingerprint density at radius 2 is 2.00 bits per heavy atom. The number of rotatable bonds is 8. The zero-order valence-electron chi connectivity index (χ0n) is 16.0. The molecule has 1 aliphatic carbocycles. The van der Waals surface area contributed by atoms with Crippen LogP contribution in [0.2, 0.25) is 0 Å². The highest BCUT2D eigenvalue weighted by Gasteiger charge is 2.46. The lowest BCUT2D eigenvalue weighted by atomic mass is 9.90. The van der Waals surface area contributed by atoms with Crippen LogP contribution in [0.15, 0.2) is 18.2 Å². The summed E-state index contributed by atoms with van der Waals surface area (Å²) in [7, 11) is 3.19. The number of carbonyl (C=O) groups is 1. The number of ether oxygens (including phenoxy) is 2. The van der Waals surface area contributed by atoms with Crippen molar-refractivity contribution < 1.29 is 19.4 Å². The van der Waals surface area contributed by atoms with Crippen molar-refractivity contribution in [2.75, 3.05) is 27.3 Å². The molecule has 2 N–H and O–H groups in total. The summed E-state index contributed by atoms with van der Waals surface area (Å²) in [6.45, 7) is 3.51. The maximum atomic E-state index is 13.0. The molecule has 144 valence electrons. The minimum absolute atomic E-state index is 0.133. The third kappa shape index (κ3) is 3.67. The van der Waals surface area contributed by atoms with Crippen LogP contribution in [0.3, 0.4) is 0 Å². The number of β-amino-alcohol motifs (C(OH)–C–C–N with tert-alkyl or cyclic N) is 1. The Morgan fingerprint density at radius 3 is 2.62 bits per heavy atom. The SMILES string of the molecule is CCC1(NCC2(O)CCCN(Cc3cccc(OC)c3OC)C2=O)CC1. The Hall–Kier alpha value is -1.79. The first-order valence-corrected chi connectivity index (χ1v) is 9.43. The summed E-state index contributed by atoms with van der Waals surface area (Å²) in [5.41, 5.74) is -0.312. The van der Waals surface area contributed by atoms with Crippen LogP contribution in [0.1, 0.15) is 44.6 Å². The average molecular weight is 362 g/mol. The van der Waals surface area contributed by atoms with Gasteiger partial charge in [-0.2, -0.15) is 0 Å². The summed E-state index contributed by atoms with van der Waals surface area (Å²) >= 11 is 0. The quantitative estimate of drug-likeness (QED) is 0.741. The van der Waals surface area contributed by atoms with E-state index in [9.17, 15) is 9.90 Å². The average Bonchev–Trinajstić information content (AvgIpc) is 3.44. The topological polar surface area (TPSA) is 71.0 Å². The first-order chi connectivity index (χ1) is 12.5. The number of carbonyl (C=O) groups excluding carboxylic acids is 1. The van der Waals surface area contributed by atoms with Gasteiger partial charge in [-0.25, -0.2) is 0 Å². The van der Waals surface area contributed by atoms with Crippen LogP contribution in [0, 0.1) is 0 Å². The van der Waals surface area contributed by atoms with Gasteiger partial charge in [-0.05, 0) is 38.2 Å². The van der Waals surface area contributed by atoms with Gasteiger partial charge in [0.15, 0.2) is 17.1 Å². The van der Waals surface area contributed by atoms with Crippen LogP contribution in [-0.2, 0) is 11.3 Å². The van der Waals surface area contributed by atoms with Crippen LogP contribution < -0.4 is 14.8 Å². The number of piperidine rings is 1. The minimum Gasteiger partial charge on any atom is -0.493 e. The number of nitrogens with one attached hydrogen (secondary N) is 1. The molecule has 3 rings (SSSR count). The third-order valence-electron chi connectivity index (χ3n) is 5.84. The lowest BCUT2D eigenvalue weighted by Gasteiger charge is -2.39. The van der Waals surface area contributed by atoms with Crippen molar-refractivity contribution in [2.45, 2.75) is 56.7 Å². The summed E-state index contributed by atoms with van der Waals surface area (Å²) in [6, 6.07) is 5.65. The lowest BCUT2D eigenvalue weighted by Crippen LogP contribution is -2.59. The normalized spacial score (nSPS) is 24.5. The van der Waals surface area contributed by atoms with Crippen molar-refractivity contribution >= 4 is 5.91 Å².